The van der Waals surface area contributed by atoms with Crippen molar-refractivity contribution in [2.45, 2.75) is 59.0 Å². The maximum absolute atomic E-state index is 3.77. The van der Waals surface area contributed by atoms with Crippen molar-refractivity contribution in [1.82, 2.24) is 15.1 Å². The molecule has 2 aliphatic rings. The third kappa shape index (κ3) is 4.44. The van der Waals surface area contributed by atoms with Gasteiger partial charge in [-0.3, -0.25) is 4.90 Å². The van der Waals surface area contributed by atoms with Crippen LogP contribution in [0.4, 0.5) is 0 Å². The van der Waals surface area contributed by atoms with Gasteiger partial charge in [0.1, 0.15) is 0 Å². The van der Waals surface area contributed by atoms with Crippen LogP contribution in [0.25, 0.3) is 0 Å². The second kappa shape index (κ2) is 7.77. The topological polar surface area (TPSA) is 18.5 Å². The van der Waals surface area contributed by atoms with Crippen LogP contribution in [0.15, 0.2) is 0 Å². The highest BCUT2D eigenvalue weighted by Crippen LogP contribution is 2.21. The standard InChI is InChI=1S/C17H35N3/c1-5-17-10-18-16(9-14(3)4)13-20(17)12-15-7-8-19(6-2)11-15/h14-18H,5-13H2,1-4H3. The van der Waals surface area contributed by atoms with Crippen molar-refractivity contribution in [2.75, 3.05) is 39.3 Å². The minimum atomic E-state index is 0.710. The summed E-state index contributed by atoms with van der Waals surface area (Å²) in [5.74, 6) is 1.70. The molecule has 0 amide bonds. The third-order valence-electron chi connectivity index (χ3n) is 5.15. The zero-order valence-electron chi connectivity index (χ0n) is 14.1. The summed E-state index contributed by atoms with van der Waals surface area (Å²) < 4.78 is 0. The molecule has 3 atom stereocenters. The normalized spacial score (nSPS) is 33.1. The summed E-state index contributed by atoms with van der Waals surface area (Å²) >= 11 is 0. The smallest absolute Gasteiger partial charge is 0.0218 e. The highest BCUT2D eigenvalue weighted by Gasteiger charge is 2.30. The van der Waals surface area contributed by atoms with Gasteiger partial charge in [0.05, 0.1) is 0 Å². The van der Waals surface area contributed by atoms with Gasteiger partial charge in [-0.2, -0.15) is 0 Å². The largest absolute Gasteiger partial charge is 0.311 e. The van der Waals surface area contributed by atoms with Gasteiger partial charge in [-0.05, 0) is 44.2 Å². The Kier molecular flexibility index (Phi) is 6.31. The Morgan fingerprint density at radius 2 is 2.00 bits per heavy atom. The van der Waals surface area contributed by atoms with Crippen molar-refractivity contribution in [2.24, 2.45) is 11.8 Å². The van der Waals surface area contributed by atoms with Gasteiger partial charge in [-0.25, -0.2) is 0 Å². The van der Waals surface area contributed by atoms with E-state index in [1.54, 1.807) is 0 Å². The lowest BCUT2D eigenvalue weighted by molar-refractivity contribution is 0.101. The van der Waals surface area contributed by atoms with Crippen molar-refractivity contribution in [3.05, 3.63) is 0 Å². The predicted octanol–water partition coefficient (Wildman–Crippen LogP) is 2.43. The summed E-state index contributed by atoms with van der Waals surface area (Å²) in [5, 5.41) is 3.77. The first-order chi connectivity index (χ1) is 9.62. The molecule has 3 heteroatoms. The van der Waals surface area contributed by atoms with Gasteiger partial charge in [0.15, 0.2) is 0 Å². The van der Waals surface area contributed by atoms with E-state index in [0.717, 1.165) is 17.9 Å². The lowest BCUT2D eigenvalue weighted by atomic mass is 9.97. The summed E-state index contributed by atoms with van der Waals surface area (Å²) in [6, 6.07) is 1.47. The van der Waals surface area contributed by atoms with Crippen LogP contribution < -0.4 is 5.32 Å². The molecular formula is C17H35N3. The molecule has 0 radical (unpaired) electrons. The number of piperazine rings is 1. The quantitative estimate of drug-likeness (QED) is 0.807. The van der Waals surface area contributed by atoms with Gasteiger partial charge < -0.3 is 10.2 Å². The van der Waals surface area contributed by atoms with Crippen molar-refractivity contribution in [1.29, 1.82) is 0 Å². The monoisotopic (exact) mass is 281 g/mol. The van der Waals surface area contributed by atoms with Crippen LogP contribution in [0.3, 0.4) is 0 Å². The SMILES string of the molecule is CCC1CNC(CC(C)C)CN1CC1CCN(CC)C1. The highest BCUT2D eigenvalue weighted by molar-refractivity contribution is 4.88. The molecule has 3 nitrogen and oxygen atoms in total. The Morgan fingerprint density at radius 1 is 1.20 bits per heavy atom. The van der Waals surface area contributed by atoms with Crippen molar-refractivity contribution in [3.63, 3.8) is 0 Å². The van der Waals surface area contributed by atoms with Gasteiger partial charge in [0.2, 0.25) is 0 Å². The first kappa shape index (κ1) is 16.3. The fourth-order valence-electron chi connectivity index (χ4n) is 3.96. The Labute approximate surface area is 126 Å². The van der Waals surface area contributed by atoms with E-state index >= 15 is 0 Å². The van der Waals surface area contributed by atoms with Gasteiger partial charge in [-0.15, -0.1) is 0 Å². The summed E-state index contributed by atoms with van der Waals surface area (Å²) in [5.41, 5.74) is 0. The molecule has 2 heterocycles. The van der Waals surface area contributed by atoms with Crippen molar-refractivity contribution >= 4 is 0 Å². The molecule has 2 aliphatic heterocycles. The van der Waals surface area contributed by atoms with Crippen LogP contribution in [-0.4, -0.2) is 61.2 Å². The molecular weight excluding hydrogens is 246 g/mol. The molecule has 118 valence electrons. The Hall–Kier alpha value is -0.120. The molecule has 0 aromatic heterocycles. The molecule has 0 bridgehead atoms. The van der Waals surface area contributed by atoms with Gasteiger partial charge in [0, 0.05) is 38.3 Å². The zero-order valence-corrected chi connectivity index (χ0v) is 14.1. The summed E-state index contributed by atoms with van der Waals surface area (Å²) in [6.45, 7) is 17.0. The average molecular weight is 281 g/mol. The first-order valence-corrected chi connectivity index (χ1v) is 8.82. The molecule has 0 aliphatic carbocycles. The Bertz CT molecular complexity index is 279. The number of rotatable bonds is 6. The van der Waals surface area contributed by atoms with Crippen LogP contribution in [0.1, 0.15) is 47.0 Å². The van der Waals surface area contributed by atoms with E-state index in [4.69, 9.17) is 0 Å². The van der Waals surface area contributed by atoms with E-state index in [1.807, 2.05) is 0 Å². The van der Waals surface area contributed by atoms with Gasteiger partial charge >= 0.3 is 0 Å². The lowest BCUT2D eigenvalue weighted by Gasteiger charge is -2.42. The van der Waals surface area contributed by atoms with E-state index in [1.165, 1.54) is 58.5 Å². The summed E-state index contributed by atoms with van der Waals surface area (Å²) in [4.78, 5) is 5.41. The van der Waals surface area contributed by atoms with E-state index in [-0.39, 0.29) is 0 Å². The molecule has 0 spiro atoms. The first-order valence-electron chi connectivity index (χ1n) is 8.82. The molecule has 20 heavy (non-hydrogen) atoms. The number of likely N-dealkylation sites (tertiary alicyclic amines) is 1. The van der Waals surface area contributed by atoms with Gasteiger partial charge in [0.25, 0.3) is 0 Å². The molecule has 2 fully saturated rings. The Morgan fingerprint density at radius 3 is 2.60 bits per heavy atom. The van der Waals surface area contributed by atoms with Crippen LogP contribution in [0, 0.1) is 11.8 Å². The molecule has 2 saturated heterocycles. The lowest BCUT2D eigenvalue weighted by Crippen LogP contribution is -2.57. The van der Waals surface area contributed by atoms with E-state index in [9.17, 15) is 0 Å². The van der Waals surface area contributed by atoms with Crippen LogP contribution in [0.2, 0.25) is 0 Å². The Balaban J connectivity index is 1.85. The van der Waals surface area contributed by atoms with Crippen LogP contribution in [-0.2, 0) is 0 Å². The van der Waals surface area contributed by atoms with E-state index in [0.29, 0.717) is 6.04 Å². The number of nitrogens with one attached hydrogen (secondary N) is 1. The molecule has 0 aromatic carbocycles. The molecule has 0 aromatic rings. The molecule has 2 rings (SSSR count). The fourth-order valence-corrected chi connectivity index (χ4v) is 3.96. The predicted molar refractivity (Wildman–Crippen MR) is 87.1 cm³/mol. The molecule has 0 saturated carbocycles. The van der Waals surface area contributed by atoms with Crippen LogP contribution in [0.5, 0.6) is 0 Å². The summed E-state index contributed by atoms with van der Waals surface area (Å²) in [7, 11) is 0. The number of hydrogen-bond acceptors (Lipinski definition) is 3. The minimum Gasteiger partial charge on any atom is -0.311 e. The van der Waals surface area contributed by atoms with Crippen LogP contribution >= 0.6 is 0 Å². The van der Waals surface area contributed by atoms with Gasteiger partial charge in [-0.1, -0.05) is 27.7 Å². The second-order valence-corrected chi connectivity index (χ2v) is 7.30. The van der Waals surface area contributed by atoms with E-state index in [2.05, 4.69) is 42.8 Å². The molecule has 3 unspecified atom stereocenters. The average Bonchev–Trinajstić information content (AvgIpc) is 2.86. The third-order valence-corrected chi connectivity index (χ3v) is 5.15. The second-order valence-electron chi connectivity index (χ2n) is 7.30. The van der Waals surface area contributed by atoms with Crippen molar-refractivity contribution in [3.8, 4) is 0 Å². The molecule has 1 N–H and O–H groups in total. The number of hydrogen-bond donors (Lipinski definition) is 1. The number of nitrogens with zero attached hydrogens (tertiary/aromatic N) is 2. The highest BCUT2D eigenvalue weighted by atomic mass is 15.2. The maximum Gasteiger partial charge on any atom is 0.0218 e. The fraction of sp³-hybridized carbons (Fsp3) is 1.00. The maximum atomic E-state index is 3.77. The summed E-state index contributed by atoms with van der Waals surface area (Å²) in [6.07, 6.45) is 4.01. The van der Waals surface area contributed by atoms with E-state index < -0.39 is 0 Å². The minimum absolute atomic E-state index is 0.710. The zero-order chi connectivity index (χ0) is 14.5. The van der Waals surface area contributed by atoms with Crippen molar-refractivity contribution < 1.29 is 0 Å².